The van der Waals surface area contributed by atoms with Crippen LogP contribution in [0.5, 0.6) is 0 Å². The highest BCUT2D eigenvalue weighted by Gasteiger charge is 2.19. The summed E-state index contributed by atoms with van der Waals surface area (Å²) in [6.45, 7) is 1.32. The highest BCUT2D eigenvalue weighted by Crippen LogP contribution is 2.12. The summed E-state index contributed by atoms with van der Waals surface area (Å²) in [6, 6.07) is 8.84. The minimum atomic E-state index is -1.05. The second-order valence-electron chi connectivity index (χ2n) is 6.13. The Bertz CT molecular complexity index is 1030. The zero-order valence-electron chi connectivity index (χ0n) is 14.7. The number of aromatic amines is 1. The summed E-state index contributed by atoms with van der Waals surface area (Å²) >= 11 is 0. The predicted molar refractivity (Wildman–Crippen MR) is 98.9 cm³/mol. The summed E-state index contributed by atoms with van der Waals surface area (Å²) in [7, 11) is 0. The van der Waals surface area contributed by atoms with Crippen molar-refractivity contribution in [2.24, 2.45) is 0 Å². The summed E-state index contributed by atoms with van der Waals surface area (Å²) in [5, 5.41) is 12.2. The summed E-state index contributed by atoms with van der Waals surface area (Å²) < 4.78 is 1.14. The Hall–Kier alpha value is -3.49. The van der Waals surface area contributed by atoms with Gasteiger partial charge >= 0.3 is 5.97 Å². The number of carboxylic acids is 1. The molecule has 3 N–H and O–H groups in total. The van der Waals surface area contributed by atoms with Gasteiger partial charge in [-0.05, 0) is 24.8 Å². The molecule has 140 valence electrons. The van der Waals surface area contributed by atoms with Gasteiger partial charge in [-0.25, -0.2) is 9.78 Å². The van der Waals surface area contributed by atoms with Crippen LogP contribution in [0.1, 0.15) is 30.1 Å². The fourth-order valence-corrected chi connectivity index (χ4v) is 2.79. The number of imidazole rings is 1. The number of aliphatic carboxylic acids is 1. The first-order valence-electron chi connectivity index (χ1n) is 8.47. The van der Waals surface area contributed by atoms with E-state index in [0.29, 0.717) is 12.8 Å². The van der Waals surface area contributed by atoms with Gasteiger partial charge in [-0.1, -0.05) is 30.3 Å². The molecule has 0 bridgehead atoms. The molecule has 0 fully saturated rings. The lowest BCUT2D eigenvalue weighted by molar-refractivity contribution is -0.138. The number of H-pyrrole nitrogens is 1. The average Bonchev–Trinajstić information content (AvgIpc) is 3.06. The smallest absolute Gasteiger partial charge is 0.326 e. The second-order valence-corrected chi connectivity index (χ2v) is 6.13. The van der Waals surface area contributed by atoms with Gasteiger partial charge in [0.25, 0.3) is 5.56 Å². The van der Waals surface area contributed by atoms with Crippen molar-refractivity contribution in [3.05, 3.63) is 52.6 Å². The standard InChI is InChI=1S/C18H19N5O4/c1-11(24)23-10-19-14-15(23)21-18(22-16(14)25)20-13(17(26)27)9-5-8-12-6-3-2-4-7-12/h2-4,6-7,10,13H,5,8-9H2,1H3,(H,26,27)(H2,20,21,22,25)/t13-/m0/s1. The molecular weight excluding hydrogens is 350 g/mol. The Morgan fingerprint density at radius 1 is 1.30 bits per heavy atom. The lowest BCUT2D eigenvalue weighted by atomic mass is 10.0. The summed E-state index contributed by atoms with van der Waals surface area (Å²) in [5.41, 5.74) is 0.685. The third-order valence-electron chi connectivity index (χ3n) is 4.16. The van der Waals surface area contributed by atoms with Crippen LogP contribution in [0.25, 0.3) is 11.2 Å². The van der Waals surface area contributed by atoms with Gasteiger partial charge in [-0.15, -0.1) is 0 Å². The van der Waals surface area contributed by atoms with Gasteiger partial charge in [0.1, 0.15) is 12.4 Å². The van der Waals surface area contributed by atoms with E-state index in [-0.39, 0.29) is 23.0 Å². The van der Waals surface area contributed by atoms with Crippen LogP contribution < -0.4 is 10.9 Å². The van der Waals surface area contributed by atoms with Crippen LogP contribution in [0.4, 0.5) is 5.95 Å². The first kappa shape index (κ1) is 18.3. The van der Waals surface area contributed by atoms with E-state index in [4.69, 9.17) is 0 Å². The van der Waals surface area contributed by atoms with Crippen LogP contribution >= 0.6 is 0 Å². The molecule has 0 aliphatic heterocycles. The molecular formula is C18H19N5O4. The van der Waals surface area contributed by atoms with Gasteiger partial charge in [0.05, 0.1) is 0 Å². The van der Waals surface area contributed by atoms with Gasteiger partial charge < -0.3 is 10.4 Å². The molecule has 0 amide bonds. The Balaban J connectivity index is 1.76. The Morgan fingerprint density at radius 2 is 2.04 bits per heavy atom. The molecule has 0 aliphatic carbocycles. The lowest BCUT2D eigenvalue weighted by Gasteiger charge is -2.14. The number of carbonyl (C=O) groups is 2. The number of hydrogen-bond donors (Lipinski definition) is 3. The van der Waals surface area contributed by atoms with Crippen molar-refractivity contribution >= 4 is 29.0 Å². The van der Waals surface area contributed by atoms with Crippen LogP contribution in [0, 0.1) is 0 Å². The van der Waals surface area contributed by atoms with Crippen molar-refractivity contribution in [3.63, 3.8) is 0 Å². The van der Waals surface area contributed by atoms with Gasteiger partial charge in [-0.3, -0.25) is 19.1 Å². The van der Waals surface area contributed by atoms with E-state index < -0.39 is 17.6 Å². The number of anilines is 1. The van der Waals surface area contributed by atoms with Crippen molar-refractivity contribution in [2.45, 2.75) is 32.2 Å². The molecule has 0 unspecified atom stereocenters. The van der Waals surface area contributed by atoms with E-state index in [2.05, 4.69) is 20.3 Å². The van der Waals surface area contributed by atoms with Crippen molar-refractivity contribution in [1.82, 2.24) is 19.5 Å². The average molecular weight is 369 g/mol. The van der Waals surface area contributed by atoms with E-state index in [1.54, 1.807) is 0 Å². The number of carbonyl (C=O) groups excluding carboxylic acids is 1. The fourth-order valence-electron chi connectivity index (χ4n) is 2.79. The minimum absolute atomic E-state index is 0.0115. The van der Waals surface area contributed by atoms with Gasteiger partial charge in [0, 0.05) is 6.92 Å². The van der Waals surface area contributed by atoms with Crippen LogP contribution in [0.15, 0.2) is 41.5 Å². The quantitative estimate of drug-likeness (QED) is 0.577. The van der Waals surface area contributed by atoms with Gasteiger partial charge in [-0.2, -0.15) is 4.98 Å². The monoisotopic (exact) mass is 369 g/mol. The Labute approximate surface area is 154 Å². The molecule has 0 aliphatic rings. The molecule has 0 radical (unpaired) electrons. The fraction of sp³-hybridized carbons (Fsp3) is 0.278. The highest BCUT2D eigenvalue weighted by molar-refractivity contribution is 5.86. The van der Waals surface area contributed by atoms with E-state index in [1.165, 1.54) is 13.3 Å². The molecule has 1 atom stereocenters. The first-order chi connectivity index (χ1) is 13.0. The van der Waals surface area contributed by atoms with Crippen LogP contribution in [-0.4, -0.2) is 42.5 Å². The zero-order valence-corrected chi connectivity index (χ0v) is 14.7. The van der Waals surface area contributed by atoms with E-state index >= 15 is 0 Å². The number of nitrogens with zero attached hydrogens (tertiary/aromatic N) is 3. The molecule has 0 spiro atoms. The normalized spacial score (nSPS) is 12.0. The number of benzene rings is 1. The maximum absolute atomic E-state index is 12.1. The zero-order chi connectivity index (χ0) is 19.4. The number of fused-ring (bicyclic) bond motifs is 1. The van der Waals surface area contributed by atoms with Crippen LogP contribution in [0.2, 0.25) is 0 Å². The maximum Gasteiger partial charge on any atom is 0.326 e. The molecule has 0 saturated heterocycles. The number of nitrogens with one attached hydrogen (secondary N) is 2. The molecule has 3 rings (SSSR count). The molecule has 3 aromatic rings. The van der Waals surface area contributed by atoms with E-state index in [1.807, 2.05) is 30.3 Å². The third-order valence-corrected chi connectivity index (χ3v) is 4.16. The molecule has 1 aromatic carbocycles. The minimum Gasteiger partial charge on any atom is -0.480 e. The molecule has 9 heteroatoms. The first-order valence-corrected chi connectivity index (χ1v) is 8.47. The van der Waals surface area contributed by atoms with Gasteiger partial charge in [0.2, 0.25) is 11.9 Å². The molecule has 0 saturated carbocycles. The highest BCUT2D eigenvalue weighted by atomic mass is 16.4. The van der Waals surface area contributed by atoms with Crippen molar-refractivity contribution in [1.29, 1.82) is 0 Å². The van der Waals surface area contributed by atoms with E-state index in [0.717, 1.165) is 16.6 Å². The number of rotatable bonds is 7. The second kappa shape index (κ2) is 7.81. The van der Waals surface area contributed by atoms with E-state index in [9.17, 15) is 19.5 Å². The Morgan fingerprint density at radius 3 is 2.70 bits per heavy atom. The third kappa shape index (κ3) is 4.20. The summed E-state index contributed by atoms with van der Waals surface area (Å²) in [4.78, 5) is 45.8. The number of carboxylic acid groups (broad SMARTS) is 1. The van der Waals surface area contributed by atoms with Crippen LogP contribution in [-0.2, 0) is 11.2 Å². The SMILES string of the molecule is CC(=O)n1cnc2c(=O)[nH]c(N[C@@H](CCCc3ccccc3)C(=O)O)nc21. The predicted octanol–water partition coefficient (Wildman–Crippen LogP) is 1.67. The summed E-state index contributed by atoms with van der Waals surface area (Å²) in [6.07, 6.45) is 2.95. The molecule has 27 heavy (non-hydrogen) atoms. The molecule has 2 heterocycles. The van der Waals surface area contributed by atoms with Crippen molar-refractivity contribution in [2.75, 3.05) is 5.32 Å². The lowest BCUT2D eigenvalue weighted by Crippen LogP contribution is -2.31. The number of aryl methyl sites for hydroxylation is 1. The molecule has 9 nitrogen and oxygen atoms in total. The Kier molecular flexibility index (Phi) is 5.30. The largest absolute Gasteiger partial charge is 0.480 e. The van der Waals surface area contributed by atoms with Crippen LogP contribution in [0.3, 0.4) is 0 Å². The topological polar surface area (TPSA) is 130 Å². The summed E-state index contributed by atoms with van der Waals surface area (Å²) in [5.74, 6) is -1.41. The van der Waals surface area contributed by atoms with Crippen molar-refractivity contribution in [3.8, 4) is 0 Å². The molecule has 2 aromatic heterocycles. The maximum atomic E-state index is 12.1. The van der Waals surface area contributed by atoms with Crippen molar-refractivity contribution < 1.29 is 14.7 Å². The van der Waals surface area contributed by atoms with Gasteiger partial charge in [0.15, 0.2) is 11.2 Å². The number of hydrogen-bond acceptors (Lipinski definition) is 6. The number of aromatic nitrogens is 4.